The van der Waals surface area contributed by atoms with Crippen LogP contribution < -0.4 is 16.4 Å². The van der Waals surface area contributed by atoms with Crippen LogP contribution in [-0.2, 0) is 30.2 Å². The highest BCUT2D eigenvalue weighted by Gasteiger charge is 2.37. The standard InChI is InChI=1S/C31H44N5O7PS/c32-29(38)25(19-22-11-12-23-8-2-3-9-24(23)18-22)34-30(39)27-10-4-7-16-36(27)31(40)26(20-45-21-44(41,42)43)33-28(37)13-17-35-14-5-1-6-15-35/h2-3,8-9,11-12,18,25-27H,1,4-7,10,13-17,19-21H2,(H2,32,38)(H,33,37)(H,34,39)(H2,41,42,43)/t25-,26-,27-/m0/s1. The third-order valence-corrected chi connectivity index (χ3v) is 10.9. The van der Waals surface area contributed by atoms with Crippen molar-refractivity contribution in [2.75, 3.05) is 37.4 Å². The molecule has 0 saturated carbocycles. The molecule has 2 aromatic rings. The number of thioether (sulfide) groups is 1. The first-order valence-electron chi connectivity index (χ1n) is 15.5. The van der Waals surface area contributed by atoms with E-state index in [1.807, 2.05) is 42.5 Å². The summed E-state index contributed by atoms with van der Waals surface area (Å²) < 4.78 is 11.5. The van der Waals surface area contributed by atoms with Gasteiger partial charge in [-0.1, -0.05) is 48.9 Å². The van der Waals surface area contributed by atoms with Crippen LogP contribution in [-0.4, -0.2) is 98.8 Å². The Balaban J connectivity index is 1.43. The van der Waals surface area contributed by atoms with Gasteiger partial charge >= 0.3 is 7.60 Å². The van der Waals surface area contributed by atoms with Crippen molar-refractivity contribution in [3.63, 3.8) is 0 Å². The zero-order valence-corrected chi connectivity index (χ0v) is 27.1. The summed E-state index contributed by atoms with van der Waals surface area (Å²) in [6.45, 7) is 2.67. The second-order valence-electron chi connectivity index (χ2n) is 11.8. The lowest BCUT2D eigenvalue weighted by atomic mass is 9.98. The molecule has 4 rings (SSSR count). The molecule has 2 aromatic carbocycles. The number of primary amides is 1. The number of carbonyl (C=O) groups excluding carboxylic acids is 4. The first-order valence-corrected chi connectivity index (χ1v) is 18.5. The van der Waals surface area contributed by atoms with Gasteiger partial charge in [-0.2, -0.15) is 0 Å². The van der Waals surface area contributed by atoms with Gasteiger partial charge in [-0.15, -0.1) is 11.8 Å². The molecule has 2 saturated heterocycles. The van der Waals surface area contributed by atoms with E-state index in [4.69, 9.17) is 5.73 Å². The third-order valence-electron chi connectivity index (χ3n) is 8.28. The van der Waals surface area contributed by atoms with Crippen LogP contribution in [0.4, 0.5) is 0 Å². The Bertz CT molecular complexity index is 1400. The Kier molecular flexibility index (Phi) is 12.8. The number of likely N-dealkylation sites (tertiary alicyclic amines) is 2. The highest BCUT2D eigenvalue weighted by atomic mass is 32.2. The number of benzene rings is 2. The Labute approximate surface area is 268 Å². The molecule has 2 heterocycles. The molecule has 12 nitrogen and oxygen atoms in total. The average Bonchev–Trinajstić information content (AvgIpc) is 3.02. The molecule has 0 aromatic heterocycles. The molecule has 2 aliphatic heterocycles. The first kappa shape index (κ1) is 34.9. The number of piperidine rings is 2. The molecule has 6 N–H and O–H groups in total. The van der Waals surface area contributed by atoms with Gasteiger partial charge in [0.2, 0.25) is 23.6 Å². The topological polar surface area (TPSA) is 182 Å². The van der Waals surface area contributed by atoms with Gasteiger partial charge in [-0.25, -0.2) is 0 Å². The average molecular weight is 662 g/mol. The van der Waals surface area contributed by atoms with E-state index < -0.39 is 48.9 Å². The van der Waals surface area contributed by atoms with Crippen LogP contribution in [0.3, 0.4) is 0 Å². The Morgan fingerprint density at radius 2 is 1.64 bits per heavy atom. The van der Waals surface area contributed by atoms with Gasteiger partial charge in [0.15, 0.2) is 0 Å². The number of hydrogen-bond donors (Lipinski definition) is 5. The predicted molar refractivity (Wildman–Crippen MR) is 174 cm³/mol. The highest BCUT2D eigenvalue weighted by Crippen LogP contribution is 2.38. The number of carbonyl (C=O) groups is 4. The number of nitrogens with one attached hydrogen (secondary N) is 2. The van der Waals surface area contributed by atoms with Gasteiger partial charge in [-0.05, 0) is 61.5 Å². The molecule has 45 heavy (non-hydrogen) atoms. The van der Waals surface area contributed by atoms with Crippen LogP contribution >= 0.6 is 19.4 Å². The molecule has 0 bridgehead atoms. The molecule has 0 radical (unpaired) electrons. The van der Waals surface area contributed by atoms with Gasteiger partial charge in [0, 0.05) is 31.7 Å². The summed E-state index contributed by atoms with van der Waals surface area (Å²) in [5, 5.41) is 7.57. The van der Waals surface area contributed by atoms with E-state index in [9.17, 15) is 33.5 Å². The quantitative estimate of drug-likeness (QED) is 0.189. The lowest BCUT2D eigenvalue weighted by Gasteiger charge is -2.37. The van der Waals surface area contributed by atoms with Crippen molar-refractivity contribution in [1.82, 2.24) is 20.4 Å². The van der Waals surface area contributed by atoms with Crippen LogP contribution in [0.15, 0.2) is 42.5 Å². The summed E-state index contributed by atoms with van der Waals surface area (Å²) >= 11 is 0.877. The molecule has 3 atom stereocenters. The normalized spacial score (nSPS) is 19.1. The molecule has 2 fully saturated rings. The van der Waals surface area contributed by atoms with Gasteiger partial charge in [-0.3, -0.25) is 23.7 Å². The van der Waals surface area contributed by atoms with Crippen molar-refractivity contribution >= 4 is 53.8 Å². The SMILES string of the molecule is NC(=O)[C@H](Cc1ccc2ccccc2c1)NC(=O)[C@@H]1CCCCN1C(=O)[C@H](CSCP(=O)(O)O)NC(=O)CCN1CCCCC1. The molecule has 14 heteroatoms. The summed E-state index contributed by atoms with van der Waals surface area (Å²) in [6, 6.07) is 10.6. The summed E-state index contributed by atoms with van der Waals surface area (Å²) in [4.78, 5) is 75.1. The molecule has 0 aliphatic carbocycles. The number of rotatable bonds is 14. The van der Waals surface area contributed by atoms with Gasteiger partial charge in [0.25, 0.3) is 0 Å². The van der Waals surface area contributed by atoms with Crippen LogP contribution in [0.25, 0.3) is 10.8 Å². The number of amides is 4. The second-order valence-corrected chi connectivity index (χ2v) is 14.9. The van der Waals surface area contributed by atoms with Crippen molar-refractivity contribution in [3.8, 4) is 0 Å². The fraction of sp³-hybridized carbons (Fsp3) is 0.548. The first-order chi connectivity index (χ1) is 21.5. The number of hydrogen-bond acceptors (Lipinski definition) is 7. The minimum Gasteiger partial charge on any atom is -0.368 e. The number of fused-ring (bicyclic) bond motifs is 1. The van der Waals surface area contributed by atoms with Gasteiger partial charge in [0.1, 0.15) is 18.1 Å². The molecule has 246 valence electrons. The second kappa shape index (κ2) is 16.6. The predicted octanol–water partition coefficient (Wildman–Crippen LogP) is 1.96. The van der Waals surface area contributed by atoms with E-state index in [1.165, 1.54) is 11.3 Å². The highest BCUT2D eigenvalue weighted by molar-refractivity contribution is 8.04. The third kappa shape index (κ3) is 10.8. The number of nitrogens with two attached hydrogens (primary N) is 1. The lowest BCUT2D eigenvalue weighted by Crippen LogP contribution is -2.60. The van der Waals surface area contributed by atoms with Crippen molar-refractivity contribution in [2.24, 2.45) is 5.73 Å². The smallest absolute Gasteiger partial charge is 0.335 e. The van der Waals surface area contributed by atoms with Crippen molar-refractivity contribution in [3.05, 3.63) is 48.0 Å². The number of nitrogens with zero attached hydrogens (tertiary/aromatic N) is 2. The minimum absolute atomic E-state index is 0.0594. The van der Waals surface area contributed by atoms with Crippen LogP contribution in [0.1, 0.15) is 50.5 Å². The van der Waals surface area contributed by atoms with E-state index >= 15 is 0 Å². The zero-order valence-electron chi connectivity index (χ0n) is 25.4. The molecule has 0 spiro atoms. The maximum atomic E-state index is 13.9. The van der Waals surface area contributed by atoms with E-state index in [0.717, 1.165) is 54.0 Å². The molecular formula is C31H44N5O7PS. The van der Waals surface area contributed by atoms with E-state index in [2.05, 4.69) is 15.5 Å². The van der Waals surface area contributed by atoms with Crippen molar-refractivity contribution in [2.45, 2.75) is 69.5 Å². The van der Waals surface area contributed by atoms with E-state index in [0.29, 0.717) is 25.8 Å². The van der Waals surface area contributed by atoms with E-state index in [-0.39, 0.29) is 31.0 Å². The molecule has 0 unspecified atom stereocenters. The minimum atomic E-state index is -4.34. The molecule has 4 amide bonds. The fourth-order valence-electron chi connectivity index (χ4n) is 5.93. The van der Waals surface area contributed by atoms with Gasteiger partial charge in [0.05, 0.1) is 5.49 Å². The van der Waals surface area contributed by atoms with Crippen LogP contribution in [0, 0.1) is 0 Å². The largest absolute Gasteiger partial charge is 0.368 e. The Morgan fingerprint density at radius 3 is 2.36 bits per heavy atom. The summed E-state index contributed by atoms with van der Waals surface area (Å²) in [6.07, 6.45) is 5.41. The van der Waals surface area contributed by atoms with Gasteiger partial charge < -0.3 is 36.0 Å². The van der Waals surface area contributed by atoms with Crippen LogP contribution in [0.5, 0.6) is 0 Å². The van der Waals surface area contributed by atoms with Crippen LogP contribution in [0.2, 0.25) is 0 Å². The maximum Gasteiger partial charge on any atom is 0.335 e. The Hall–Kier alpha value is -2.96. The summed E-state index contributed by atoms with van der Waals surface area (Å²) in [7, 11) is -4.34. The zero-order chi connectivity index (χ0) is 32.4. The summed E-state index contributed by atoms with van der Waals surface area (Å²) in [5.74, 6) is -2.10. The molecule has 2 aliphatic rings. The maximum absolute atomic E-state index is 13.9. The molecular weight excluding hydrogens is 617 g/mol. The monoisotopic (exact) mass is 661 g/mol. The van der Waals surface area contributed by atoms with E-state index in [1.54, 1.807) is 0 Å². The summed E-state index contributed by atoms with van der Waals surface area (Å²) in [5.41, 5.74) is 6.02. The van der Waals surface area contributed by atoms with Crippen molar-refractivity contribution < 1.29 is 33.5 Å². The van der Waals surface area contributed by atoms with Crippen molar-refractivity contribution in [1.29, 1.82) is 0 Å². The Morgan fingerprint density at radius 1 is 0.933 bits per heavy atom. The lowest BCUT2D eigenvalue weighted by molar-refractivity contribution is -0.145. The fourth-order valence-corrected chi connectivity index (χ4v) is 7.77.